The number of hydrogen-bond donors (Lipinski definition) is 3. The number of carbonyl (C=O) groups is 1. The Bertz CT molecular complexity index is 673. The van der Waals surface area contributed by atoms with Gasteiger partial charge in [0.05, 0.1) is 6.54 Å². The number of nitrogens with one attached hydrogen (secondary N) is 2. The molecule has 7 nitrogen and oxygen atoms in total. The molecular formula is C21H33N5O2. The third-order valence-electron chi connectivity index (χ3n) is 5.45. The van der Waals surface area contributed by atoms with E-state index in [0.717, 1.165) is 37.1 Å². The molecule has 1 aromatic rings. The molecule has 1 heterocycles. The van der Waals surface area contributed by atoms with Crippen molar-refractivity contribution in [2.24, 2.45) is 10.7 Å². The number of aliphatic imine (C=N–C) groups is 1. The third-order valence-corrected chi connectivity index (χ3v) is 5.45. The highest BCUT2D eigenvalue weighted by Crippen LogP contribution is 2.26. The predicted octanol–water partition coefficient (Wildman–Crippen LogP) is 1.62. The average Bonchev–Trinajstić information content (AvgIpc) is 3.37. The number of primary amides is 1. The van der Waals surface area contributed by atoms with Gasteiger partial charge >= 0.3 is 0 Å². The molecule has 0 bridgehead atoms. The SMILES string of the molecule is CCNC(=NCc1cccc(OCC(N)=O)c1)NC1CCN(C2CCCC2)C1. The van der Waals surface area contributed by atoms with E-state index in [1.807, 2.05) is 24.3 Å². The molecule has 1 aromatic carbocycles. The summed E-state index contributed by atoms with van der Waals surface area (Å²) in [7, 11) is 0. The Hall–Kier alpha value is -2.28. The zero-order valence-electron chi connectivity index (χ0n) is 16.8. The molecule has 1 amide bonds. The molecule has 2 fully saturated rings. The van der Waals surface area contributed by atoms with Gasteiger partial charge in [-0.05, 0) is 43.9 Å². The number of rotatable bonds is 8. The van der Waals surface area contributed by atoms with Crippen LogP contribution in [0.1, 0.15) is 44.6 Å². The van der Waals surface area contributed by atoms with Gasteiger partial charge in [-0.15, -0.1) is 0 Å². The molecule has 7 heteroatoms. The molecule has 1 aliphatic carbocycles. The summed E-state index contributed by atoms with van der Waals surface area (Å²) in [5.41, 5.74) is 6.16. The Labute approximate surface area is 167 Å². The first-order valence-corrected chi connectivity index (χ1v) is 10.4. The first-order chi connectivity index (χ1) is 13.6. The number of amides is 1. The van der Waals surface area contributed by atoms with Gasteiger partial charge < -0.3 is 21.1 Å². The van der Waals surface area contributed by atoms with Gasteiger partial charge in [-0.3, -0.25) is 9.69 Å². The monoisotopic (exact) mass is 387 g/mol. The zero-order chi connectivity index (χ0) is 19.8. The molecule has 154 valence electrons. The molecule has 0 aromatic heterocycles. The Balaban J connectivity index is 1.54. The fourth-order valence-corrected chi connectivity index (χ4v) is 4.08. The van der Waals surface area contributed by atoms with Crippen LogP contribution in [0.25, 0.3) is 0 Å². The number of likely N-dealkylation sites (tertiary alicyclic amines) is 1. The van der Waals surface area contributed by atoms with Gasteiger partial charge in [0.2, 0.25) is 0 Å². The van der Waals surface area contributed by atoms with E-state index in [4.69, 9.17) is 15.5 Å². The standard InChI is InChI=1S/C21H33N5O2/c1-2-23-21(25-17-10-11-26(14-17)18-7-3-4-8-18)24-13-16-6-5-9-19(12-16)28-15-20(22)27/h5-6,9,12,17-18H,2-4,7-8,10-11,13-15H2,1H3,(H2,22,27)(H2,23,24,25). The van der Waals surface area contributed by atoms with E-state index < -0.39 is 5.91 Å². The van der Waals surface area contributed by atoms with E-state index in [1.165, 1.54) is 32.2 Å². The summed E-state index contributed by atoms with van der Waals surface area (Å²) in [5, 5.41) is 6.95. The number of nitrogens with two attached hydrogens (primary N) is 1. The van der Waals surface area contributed by atoms with Crippen molar-refractivity contribution in [3.63, 3.8) is 0 Å². The Morgan fingerprint density at radius 3 is 2.89 bits per heavy atom. The van der Waals surface area contributed by atoms with Gasteiger partial charge in [-0.25, -0.2) is 4.99 Å². The van der Waals surface area contributed by atoms with E-state index >= 15 is 0 Å². The summed E-state index contributed by atoms with van der Waals surface area (Å²) in [5.74, 6) is 1.00. The van der Waals surface area contributed by atoms with Crippen LogP contribution in [0.3, 0.4) is 0 Å². The second-order valence-electron chi connectivity index (χ2n) is 7.66. The lowest BCUT2D eigenvalue weighted by molar-refractivity contribution is -0.119. The molecule has 1 aliphatic heterocycles. The molecule has 0 radical (unpaired) electrons. The highest BCUT2D eigenvalue weighted by atomic mass is 16.5. The second kappa shape index (κ2) is 10.3. The lowest BCUT2D eigenvalue weighted by Crippen LogP contribution is -2.45. The molecular weight excluding hydrogens is 354 g/mol. The van der Waals surface area contributed by atoms with Crippen molar-refractivity contribution in [2.75, 3.05) is 26.2 Å². The fraction of sp³-hybridized carbons (Fsp3) is 0.619. The molecule has 4 N–H and O–H groups in total. The van der Waals surface area contributed by atoms with Gasteiger partial charge in [0.25, 0.3) is 5.91 Å². The summed E-state index contributed by atoms with van der Waals surface area (Å²) >= 11 is 0. The highest BCUT2D eigenvalue weighted by molar-refractivity contribution is 5.80. The van der Waals surface area contributed by atoms with Crippen molar-refractivity contribution in [3.8, 4) is 5.75 Å². The number of carbonyl (C=O) groups excluding carboxylic acids is 1. The fourth-order valence-electron chi connectivity index (χ4n) is 4.08. The highest BCUT2D eigenvalue weighted by Gasteiger charge is 2.30. The number of nitrogens with zero attached hydrogens (tertiary/aromatic N) is 2. The number of hydrogen-bond acceptors (Lipinski definition) is 4. The van der Waals surface area contributed by atoms with Crippen LogP contribution < -0.4 is 21.1 Å². The van der Waals surface area contributed by atoms with Crippen LogP contribution in [0, 0.1) is 0 Å². The minimum absolute atomic E-state index is 0.115. The van der Waals surface area contributed by atoms with Gasteiger partial charge in [0, 0.05) is 31.7 Å². The van der Waals surface area contributed by atoms with E-state index in [2.05, 4.69) is 22.5 Å². The normalized spacial score (nSPS) is 21.0. The molecule has 28 heavy (non-hydrogen) atoms. The van der Waals surface area contributed by atoms with Crippen LogP contribution in [0.15, 0.2) is 29.3 Å². The molecule has 1 saturated carbocycles. The summed E-state index contributed by atoms with van der Waals surface area (Å²) in [6.45, 7) is 5.62. The largest absolute Gasteiger partial charge is 0.484 e. The maximum atomic E-state index is 10.9. The van der Waals surface area contributed by atoms with Crippen LogP contribution in [-0.4, -0.2) is 55.1 Å². The van der Waals surface area contributed by atoms with Crippen molar-refractivity contribution < 1.29 is 9.53 Å². The Morgan fingerprint density at radius 1 is 1.32 bits per heavy atom. The van der Waals surface area contributed by atoms with Crippen LogP contribution in [0.2, 0.25) is 0 Å². The van der Waals surface area contributed by atoms with Crippen molar-refractivity contribution in [2.45, 2.75) is 57.7 Å². The molecule has 3 rings (SSSR count). The lowest BCUT2D eigenvalue weighted by atomic mass is 10.2. The second-order valence-corrected chi connectivity index (χ2v) is 7.66. The minimum Gasteiger partial charge on any atom is -0.484 e. The van der Waals surface area contributed by atoms with Crippen molar-refractivity contribution in [1.82, 2.24) is 15.5 Å². The summed E-state index contributed by atoms with van der Waals surface area (Å²) in [4.78, 5) is 18.3. The average molecular weight is 388 g/mol. The summed E-state index contributed by atoms with van der Waals surface area (Å²) in [6.07, 6.45) is 6.64. The molecule has 1 saturated heterocycles. The Morgan fingerprint density at radius 2 is 2.14 bits per heavy atom. The van der Waals surface area contributed by atoms with Crippen LogP contribution in [0.4, 0.5) is 0 Å². The van der Waals surface area contributed by atoms with Gasteiger partial charge in [0.1, 0.15) is 5.75 Å². The number of benzene rings is 1. The summed E-state index contributed by atoms with van der Waals surface area (Å²) < 4.78 is 5.37. The quantitative estimate of drug-likeness (QED) is 0.466. The number of ether oxygens (including phenoxy) is 1. The van der Waals surface area contributed by atoms with Crippen LogP contribution in [0.5, 0.6) is 5.75 Å². The van der Waals surface area contributed by atoms with Crippen molar-refractivity contribution >= 4 is 11.9 Å². The van der Waals surface area contributed by atoms with Gasteiger partial charge in [-0.2, -0.15) is 0 Å². The van der Waals surface area contributed by atoms with Crippen molar-refractivity contribution in [3.05, 3.63) is 29.8 Å². The zero-order valence-corrected chi connectivity index (χ0v) is 16.8. The minimum atomic E-state index is -0.481. The third kappa shape index (κ3) is 6.12. The molecule has 2 aliphatic rings. The molecule has 1 unspecified atom stereocenters. The van der Waals surface area contributed by atoms with E-state index in [1.54, 1.807) is 0 Å². The smallest absolute Gasteiger partial charge is 0.255 e. The van der Waals surface area contributed by atoms with E-state index in [0.29, 0.717) is 18.3 Å². The predicted molar refractivity (Wildman–Crippen MR) is 111 cm³/mol. The number of guanidine groups is 1. The van der Waals surface area contributed by atoms with Gasteiger partial charge in [-0.1, -0.05) is 25.0 Å². The maximum absolute atomic E-state index is 10.9. The van der Waals surface area contributed by atoms with E-state index in [9.17, 15) is 4.79 Å². The molecule has 1 atom stereocenters. The lowest BCUT2D eigenvalue weighted by Gasteiger charge is -2.24. The first kappa shape index (κ1) is 20.5. The maximum Gasteiger partial charge on any atom is 0.255 e. The molecule has 0 spiro atoms. The van der Waals surface area contributed by atoms with E-state index in [-0.39, 0.29) is 6.61 Å². The van der Waals surface area contributed by atoms with Gasteiger partial charge in [0.15, 0.2) is 12.6 Å². The van der Waals surface area contributed by atoms with Crippen LogP contribution >= 0.6 is 0 Å². The Kier molecular flexibility index (Phi) is 7.54. The van der Waals surface area contributed by atoms with Crippen molar-refractivity contribution in [1.29, 1.82) is 0 Å². The summed E-state index contributed by atoms with van der Waals surface area (Å²) in [6, 6.07) is 8.85. The first-order valence-electron chi connectivity index (χ1n) is 10.4. The van der Waals surface area contributed by atoms with Crippen LogP contribution in [-0.2, 0) is 11.3 Å². The topological polar surface area (TPSA) is 92.0 Å².